The average Bonchev–Trinajstić information content (AvgIpc) is 3.34. The van der Waals surface area contributed by atoms with Crippen LogP contribution in [0.3, 0.4) is 0 Å². The van der Waals surface area contributed by atoms with Crippen molar-refractivity contribution >= 4 is 138 Å². The summed E-state index contributed by atoms with van der Waals surface area (Å²) in [6.45, 7) is 25.0. The first kappa shape index (κ1) is 57.2. The number of benzene rings is 6. The summed E-state index contributed by atoms with van der Waals surface area (Å²) in [4.78, 5) is 0. The van der Waals surface area contributed by atoms with E-state index in [0.717, 1.165) is 0 Å². The Labute approximate surface area is 445 Å². The van der Waals surface area contributed by atoms with Gasteiger partial charge in [0, 0.05) is 31.1 Å². The number of hydrogen-bond donors (Lipinski definition) is 0. The monoisotopic (exact) mass is 1170 g/mol. The maximum atomic E-state index is 8.25. The fraction of sp³-hybridized carbons (Fsp3) is 0.250. The van der Waals surface area contributed by atoms with E-state index in [1.54, 1.807) is 0 Å². The quantitative estimate of drug-likeness (QED) is 0.0847. The summed E-state index contributed by atoms with van der Waals surface area (Å²) in [5.41, 5.74) is 0. The smallest absolute Gasteiger partial charge is 0.413 e. The molecule has 378 valence electrons. The highest BCUT2D eigenvalue weighted by Crippen LogP contribution is 2.36. The molecule has 7 rings (SSSR count). The van der Waals surface area contributed by atoms with Gasteiger partial charge in [0.15, 0.2) is 54.2 Å². The second kappa shape index (κ2) is 25.1. The second-order valence-electron chi connectivity index (χ2n) is 18.2. The Hall–Kier alpha value is -2.56. The minimum absolute atomic E-state index is 0.671. The Morgan fingerprint density at radius 3 is 0.417 bits per heavy atom. The van der Waals surface area contributed by atoms with Gasteiger partial charge < -0.3 is 49.4 Å². The van der Waals surface area contributed by atoms with Crippen molar-refractivity contribution in [2.45, 2.75) is 78.6 Å². The zero-order valence-corrected chi connectivity index (χ0v) is 55.2. The van der Waals surface area contributed by atoms with Crippen molar-refractivity contribution in [2.75, 3.05) is 0 Å². The van der Waals surface area contributed by atoms with Crippen LogP contribution in [0, 0.1) is 0 Å². The van der Waals surface area contributed by atoms with Crippen LogP contribution in [-0.2, 0) is 49.4 Å². The van der Waals surface area contributed by atoms with E-state index < -0.39 is 107 Å². The summed E-state index contributed by atoms with van der Waals surface area (Å²) in [5, 5.41) is 4.03. The van der Waals surface area contributed by atoms with Crippen LogP contribution in [0.1, 0.15) is 0 Å². The van der Waals surface area contributed by atoms with Crippen molar-refractivity contribution < 1.29 is 49.4 Å². The van der Waals surface area contributed by atoms with E-state index >= 15 is 0 Å². The van der Waals surface area contributed by atoms with Gasteiger partial charge >= 0.3 is 52.8 Å². The normalized spacial score (nSPS) is 26.6. The summed E-state index contributed by atoms with van der Waals surface area (Å²) in [7, 11) is -37.9. The van der Waals surface area contributed by atoms with Gasteiger partial charge in [0.1, 0.15) is 0 Å². The van der Waals surface area contributed by atoms with Crippen molar-refractivity contribution in [1.29, 1.82) is 0 Å². The van der Waals surface area contributed by atoms with Crippen molar-refractivity contribution in [1.82, 2.24) is 0 Å². The van der Waals surface area contributed by atoms with Gasteiger partial charge in [-0.25, -0.2) is 0 Å². The standard InChI is InChI=1S/C48H66O12Si12/c1-61(2)49-67(43-31-19-13-20-32-43)55-68(50-62(3)4,44-33-21-14-22-34-44)57-70(52-64(7)8,46-37-25-16-26-38-46)59-72(54-66(11)12,48-41-29-18-30-42-48)60-71(53-65(9)10,47-39-27-17-28-40-47)58-69(56-67,51-63(5)6)45-35-23-15-24-36-45/h13-42H,1-12H3. The summed E-state index contributed by atoms with van der Waals surface area (Å²) >= 11 is 0. The molecule has 0 spiro atoms. The van der Waals surface area contributed by atoms with Crippen LogP contribution in [0.15, 0.2) is 182 Å². The van der Waals surface area contributed by atoms with Crippen LogP contribution < -0.4 is 31.1 Å². The molecule has 6 aromatic rings. The Kier molecular flexibility index (Phi) is 19.9. The molecule has 0 unspecified atom stereocenters. The molecule has 1 saturated heterocycles. The molecule has 0 amide bonds. The van der Waals surface area contributed by atoms with Crippen LogP contribution in [0.2, 0.25) is 78.6 Å². The minimum atomic E-state index is -4.58. The molecule has 0 aromatic heterocycles. The third-order valence-corrected chi connectivity index (χ3v) is 45.8. The van der Waals surface area contributed by atoms with E-state index in [1.807, 2.05) is 182 Å². The van der Waals surface area contributed by atoms with Gasteiger partial charge in [0.25, 0.3) is 0 Å². The highest BCUT2D eigenvalue weighted by atomic mass is 28.6. The SMILES string of the molecule is C[Si](C)O[Si]1(c2ccccc2)O[Si](O[Si](C)C)(c2ccccc2)O[Si](O[Si](C)C)(c2ccccc2)O[Si](O[Si](C)C)(c2ccccc2)O[Si](O[Si](C)C)(c2ccccc2)O[Si](O[Si](C)C)(c2ccccc2)O1. The molecule has 0 aliphatic carbocycles. The number of hydrogen-bond acceptors (Lipinski definition) is 12. The lowest BCUT2D eigenvalue weighted by Crippen LogP contribution is -2.83. The Balaban J connectivity index is 1.78. The van der Waals surface area contributed by atoms with Crippen LogP contribution in [-0.4, -0.2) is 107 Å². The van der Waals surface area contributed by atoms with Gasteiger partial charge in [0.05, 0.1) is 0 Å². The molecule has 1 fully saturated rings. The van der Waals surface area contributed by atoms with Crippen molar-refractivity contribution in [3.8, 4) is 0 Å². The lowest BCUT2D eigenvalue weighted by molar-refractivity contribution is 0.109. The lowest BCUT2D eigenvalue weighted by Gasteiger charge is -2.51. The van der Waals surface area contributed by atoms with Gasteiger partial charge in [-0.3, -0.25) is 0 Å². The third kappa shape index (κ3) is 13.7. The first-order valence-corrected chi connectivity index (χ1v) is 48.7. The lowest BCUT2D eigenvalue weighted by atomic mass is 10.4. The molecule has 0 bridgehead atoms. The first-order chi connectivity index (χ1) is 34.4. The summed E-state index contributed by atoms with van der Waals surface area (Å²) in [6.07, 6.45) is 0. The summed E-state index contributed by atoms with van der Waals surface area (Å²) in [5.74, 6) is 0. The highest BCUT2D eigenvalue weighted by Gasteiger charge is 2.72. The minimum Gasteiger partial charge on any atom is -0.413 e. The average molecular weight is 1170 g/mol. The van der Waals surface area contributed by atoms with Gasteiger partial charge in [-0.15, -0.1) is 0 Å². The van der Waals surface area contributed by atoms with E-state index in [-0.39, 0.29) is 0 Å². The van der Waals surface area contributed by atoms with E-state index in [9.17, 15) is 0 Å². The predicted molar refractivity (Wildman–Crippen MR) is 309 cm³/mol. The molecule has 0 saturated carbocycles. The molecular formula is C48H66O12Si12. The van der Waals surface area contributed by atoms with Gasteiger partial charge in [-0.05, 0) is 78.6 Å². The molecule has 0 N–H and O–H groups in total. The maximum absolute atomic E-state index is 8.25. The van der Waals surface area contributed by atoms with Crippen LogP contribution in [0.5, 0.6) is 0 Å². The topological polar surface area (TPSA) is 111 Å². The van der Waals surface area contributed by atoms with Crippen LogP contribution in [0.25, 0.3) is 0 Å². The molecule has 6 radical (unpaired) electrons. The fourth-order valence-corrected chi connectivity index (χ4v) is 51.2. The molecule has 24 heteroatoms. The molecule has 1 aliphatic rings. The van der Waals surface area contributed by atoms with E-state index in [0.29, 0.717) is 31.1 Å². The van der Waals surface area contributed by atoms with E-state index in [2.05, 4.69) is 78.6 Å². The molecule has 0 atom stereocenters. The molecular weight excluding hydrogens is 1110 g/mol. The maximum Gasteiger partial charge on any atom is 0.512 e. The van der Waals surface area contributed by atoms with Gasteiger partial charge in [-0.2, -0.15) is 0 Å². The van der Waals surface area contributed by atoms with Crippen molar-refractivity contribution in [3.05, 3.63) is 182 Å². The van der Waals surface area contributed by atoms with Gasteiger partial charge in [-0.1, -0.05) is 182 Å². The Bertz CT molecular complexity index is 2090. The van der Waals surface area contributed by atoms with Crippen LogP contribution in [0.4, 0.5) is 0 Å². The summed E-state index contributed by atoms with van der Waals surface area (Å²) < 4.78 is 95.1. The zero-order chi connectivity index (χ0) is 51.6. The molecule has 1 heterocycles. The summed E-state index contributed by atoms with van der Waals surface area (Å²) in [6, 6.07) is 59.5. The molecule has 72 heavy (non-hydrogen) atoms. The Morgan fingerprint density at radius 2 is 0.319 bits per heavy atom. The highest BCUT2D eigenvalue weighted by molar-refractivity contribution is 7.05. The first-order valence-electron chi connectivity index (χ1n) is 23.9. The van der Waals surface area contributed by atoms with Gasteiger partial charge in [0.2, 0.25) is 0 Å². The van der Waals surface area contributed by atoms with Crippen LogP contribution >= 0.6 is 0 Å². The molecule has 6 aromatic carbocycles. The predicted octanol–water partition coefficient (Wildman–Crippen LogP) is 6.78. The van der Waals surface area contributed by atoms with E-state index in [4.69, 9.17) is 49.4 Å². The molecule has 1 aliphatic heterocycles. The zero-order valence-electron chi connectivity index (χ0n) is 43.2. The second-order valence-corrected chi connectivity index (χ2v) is 49.0. The van der Waals surface area contributed by atoms with Crippen molar-refractivity contribution in [2.24, 2.45) is 0 Å². The Morgan fingerprint density at radius 1 is 0.208 bits per heavy atom. The molecule has 12 nitrogen and oxygen atoms in total. The van der Waals surface area contributed by atoms with Crippen molar-refractivity contribution in [3.63, 3.8) is 0 Å². The number of rotatable bonds is 18. The largest absolute Gasteiger partial charge is 0.512 e. The third-order valence-electron chi connectivity index (χ3n) is 10.4. The fourth-order valence-electron chi connectivity index (χ4n) is 7.96. The van der Waals surface area contributed by atoms with E-state index in [1.165, 1.54) is 0 Å².